The third-order valence-electron chi connectivity index (χ3n) is 3.53. The number of hydrogen-bond donors (Lipinski definition) is 1. The molecular formula is C14H24N6. The monoisotopic (exact) mass is 276 g/mol. The van der Waals surface area contributed by atoms with E-state index in [4.69, 9.17) is 0 Å². The van der Waals surface area contributed by atoms with Gasteiger partial charge in [-0.15, -0.1) is 5.10 Å². The fraction of sp³-hybridized carbons (Fsp3) is 0.643. The van der Waals surface area contributed by atoms with Gasteiger partial charge in [0.15, 0.2) is 0 Å². The third kappa shape index (κ3) is 3.07. The summed E-state index contributed by atoms with van der Waals surface area (Å²) in [5, 5.41) is 16.3. The zero-order chi connectivity index (χ0) is 14.7. The lowest BCUT2D eigenvalue weighted by Gasteiger charge is -2.14. The Hall–Kier alpha value is -1.69. The first-order valence-electron chi connectivity index (χ1n) is 7.15. The number of hydrogen-bond acceptors (Lipinski definition) is 4. The Labute approximate surface area is 120 Å². The van der Waals surface area contributed by atoms with Crippen LogP contribution in [0.5, 0.6) is 0 Å². The van der Waals surface area contributed by atoms with Gasteiger partial charge in [-0.25, -0.2) is 0 Å². The second kappa shape index (κ2) is 6.17. The highest BCUT2D eigenvalue weighted by molar-refractivity contribution is 5.28. The van der Waals surface area contributed by atoms with E-state index in [2.05, 4.69) is 48.4 Å². The Morgan fingerprint density at radius 3 is 2.70 bits per heavy atom. The number of aromatic nitrogens is 5. The zero-order valence-electron chi connectivity index (χ0n) is 13.0. The molecule has 0 fully saturated rings. The van der Waals surface area contributed by atoms with E-state index in [9.17, 15) is 0 Å². The fourth-order valence-corrected chi connectivity index (χ4v) is 2.58. The molecule has 0 bridgehead atoms. The first-order valence-corrected chi connectivity index (χ1v) is 7.15. The first kappa shape index (κ1) is 14.7. The van der Waals surface area contributed by atoms with Crippen LogP contribution in [0.15, 0.2) is 6.20 Å². The van der Waals surface area contributed by atoms with Crippen LogP contribution in [0.25, 0.3) is 0 Å². The Bertz CT molecular complexity index is 568. The molecule has 6 heteroatoms. The van der Waals surface area contributed by atoms with Crippen molar-refractivity contribution in [2.75, 3.05) is 6.54 Å². The van der Waals surface area contributed by atoms with Crippen LogP contribution in [0.2, 0.25) is 0 Å². The molecule has 20 heavy (non-hydrogen) atoms. The minimum atomic E-state index is 0.325. The van der Waals surface area contributed by atoms with E-state index in [0.717, 1.165) is 24.4 Å². The summed E-state index contributed by atoms with van der Waals surface area (Å²) >= 11 is 0. The summed E-state index contributed by atoms with van der Waals surface area (Å²) in [6.45, 7) is 10.3. The molecule has 2 aromatic heterocycles. The summed E-state index contributed by atoms with van der Waals surface area (Å²) in [5.74, 6) is 0. The van der Waals surface area contributed by atoms with Crippen LogP contribution in [0.3, 0.4) is 0 Å². The van der Waals surface area contributed by atoms with Crippen molar-refractivity contribution in [3.63, 3.8) is 0 Å². The molecule has 1 N–H and O–H groups in total. The highest BCUT2D eigenvalue weighted by Gasteiger charge is 2.17. The molecule has 1 unspecified atom stereocenters. The molecule has 0 spiro atoms. The van der Waals surface area contributed by atoms with Crippen molar-refractivity contribution >= 4 is 0 Å². The number of nitrogens with zero attached hydrogens (tertiary/aromatic N) is 5. The molecule has 0 aliphatic rings. The predicted molar refractivity (Wildman–Crippen MR) is 78.5 cm³/mol. The average Bonchev–Trinajstić information content (AvgIpc) is 2.92. The Kier molecular flexibility index (Phi) is 4.54. The molecule has 0 aliphatic heterocycles. The highest BCUT2D eigenvalue weighted by Crippen LogP contribution is 2.21. The average molecular weight is 276 g/mol. The topological polar surface area (TPSA) is 60.6 Å². The molecule has 0 radical (unpaired) electrons. The van der Waals surface area contributed by atoms with Crippen molar-refractivity contribution in [3.8, 4) is 0 Å². The van der Waals surface area contributed by atoms with Gasteiger partial charge >= 0.3 is 0 Å². The van der Waals surface area contributed by atoms with Gasteiger partial charge in [-0.1, -0.05) is 12.1 Å². The minimum Gasteiger partial charge on any atom is -0.310 e. The third-order valence-corrected chi connectivity index (χ3v) is 3.53. The van der Waals surface area contributed by atoms with Crippen LogP contribution in [0.4, 0.5) is 0 Å². The summed E-state index contributed by atoms with van der Waals surface area (Å²) in [6.07, 6.45) is 3.06. The predicted octanol–water partition coefficient (Wildman–Crippen LogP) is 1.74. The molecule has 0 aromatic carbocycles. The molecule has 0 aliphatic carbocycles. The lowest BCUT2D eigenvalue weighted by molar-refractivity contribution is 0.563. The summed E-state index contributed by atoms with van der Waals surface area (Å²) < 4.78 is 3.73. The maximum atomic E-state index is 4.64. The van der Waals surface area contributed by atoms with Crippen LogP contribution in [-0.2, 0) is 13.6 Å². The molecule has 2 rings (SSSR count). The first-order chi connectivity index (χ1) is 9.52. The molecular weight excluding hydrogens is 252 g/mol. The van der Waals surface area contributed by atoms with Gasteiger partial charge in [-0.3, -0.25) is 9.36 Å². The molecule has 2 heterocycles. The van der Waals surface area contributed by atoms with Crippen molar-refractivity contribution in [3.05, 3.63) is 28.8 Å². The maximum Gasteiger partial charge on any atom is 0.104 e. The van der Waals surface area contributed by atoms with E-state index in [-0.39, 0.29) is 0 Å². The normalized spacial score (nSPS) is 12.8. The van der Waals surface area contributed by atoms with Crippen molar-refractivity contribution in [2.45, 2.75) is 46.7 Å². The van der Waals surface area contributed by atoms with Gasteiger partial charge in [-0.05, 0) is 33.7 Å². The molecule has 110 valence electrons. The van der Waals surface area contributed by atoms with Gasteiger partial charge in [-0.2, -0.15) is 5.10 Å². The summed E-state index contributed by atoms with van der Waals surface area (Å²) in [4.78, 5) is 0. The van der Waals surface area contributed by atoms with Crippen molar-refractivity contribution < 1.29 is 0 Å². The van der Waals surface area contributed by atoms with Crippen LogP contribution < -0.4 is 5.32 Å². The van der Waals surface area contributed by atoms with Gasteiger partial charge in [0.1, 0.15) is 5.69 Å². The molecule has 2 aromatic rings. The highest BCUT2D eigenvalue weighted by atomic mass is 15.4. The SMILES string of the molecule is CCCNC(C)c1c(C)nn(Cc2cn(C)nn2)c1C. The lowest BCUT2D eigenvalue weighted by Crippen LogP contribution is -2.20. The second-order valence-electron chi connectivity index (χ2n) is 5.30. The molecule has 1 atom stereocenters. The minimum absolute atomic E-state index is 0.325. The number of rotatable bonds is 6. The Morgan fingerprint density at radius 2 is 2.10 bits per heavy atom. The van der Waals surface area contributed by atoms with Crippen molar-refractivity contribution in [2.24, 2.45) is 7.05 Å². The zero-order valence-corrected chi connectivity index (χ0v) is 13.0. The smallest absolute Gasteiger partial charge is 0.104 e. The van der Waals surface area contributed by atoms with E-state index in [1.807, 2.05) is 17.9 Å². The van der Waals surface area contributed by atoms with Gasteiger partial charge < -0.3 is 5.32 Å². The second-order valence-corrected chi connectivity index (χ2v) is 5.30. The lowest BCUT2D eigenvalue weighted by atomic mass is 10.1. The van der Waals surface area contributed by atoms with E-state index in [1.54, 1.807) is 4.68 Å². The Morgan fingerprint density at radius 1 is 1.35 bits per heavy atom. The molecule has 0 saturated heterocycles. The van der Waals surface area contributed by atoms with Crippen LogP contribution in [0, 0.1) is 13.8 Å². The maximum absolute atomic E-state index is 4.64. The Balaban J connectivity index is 2.19. The molecule has 6 nitrogen and oxygen atoms in total. The fourth-order valence-electron chi connectivity index (χ4n) is 2.58. The summed E-state index contributed by atoms with van der Waals surface area (Å²) in [7, 11) is 1.87. The van der Waals surface area contributed by atoms with Crippen LogP contribution in [0.1, 0.15) is 49.0 Å². The van der Waals surface area contributed by atoms with Gasteiger partial charge in [0, 0.05) is 30.5 Å². The van der Waals surface area contributed by atoms with E-state index >= 15 is 0 Å². The molecule has 0 amide bonds. The van der Waals surface area contributed by atoms with Gasteiger partial charge in [0.05, 0.1) is 12.2 Å². The van der Waals surface area contributed by atoms with Crippen molar-refractivity contribution in [1.82, 2.24) is 30.1 Å². The molecule has 0 saturated carbocycles. The summed E-state index contributed by atoms with van der Waals surface area (Å²) in [5.41, 5.74) is 4.51. The van der Waals surface area contributed by atoms with E-state index < -0.39 is 0 Å². The largest absolute Gasteiger partial charge is 0.310 e. The van der Waals surface area contributed by atoms with Crippen molar-refractivity contribution in [1.29, 1.82) is 0 Å². The number of aryl methyl sites for hydroxylation is 2. The number of nitrogens with one attached hydrogen (secondary N) is 1. The standard InChI is InChI=1S/C14H24N6/c1-6-7-15-10(2)14-11(3)17-20(12(14)4)9-13-8-19(5)18-16-13/h8,10,15H,6-7,9H2,1-5H3. The van der Waals surface area contributed by atoms with Gasteiger partial charge in [0.25, 0.3) is 0 Å². The van der Waals surface area contributed by atoms with Crippen LogP contribution >= 0.6 is 0 Å². The van der Waals surface area contributed by atoms with E-state index in [0.29, 0.717) is 12.6 Å². The van der Waals surface area contributed by atoms with Crippen LogP contribution in [-0.4, -0.2) is 31.3 Å². The van der Waals surface area contributed by atoms with E-state index in [1.165, 1.54) is 11.3 Å². The van der Waals surface area contributed by atoms with Gasteiger partial charge in [0.2, 0.25) is 0 Å². The summed E-state index contributed by atoms with van der Waals surface area (Å²) in [6, 6.07) is 0.325. The quantitative estimate of drug-likeness (QED) is 0.873.